The number of carbonyl (C=O) groups is 2. The van der Waals surface area contributed by atoms with Crippen LogP contribution in [0.3, 0.4) is 0 Å². The number of aryl methyl sites for hydroxylation is 1. The lowest BCUT2D eigenvalue weighted by atomic mass is 9.89. The second-order valence-corrected chi connectivity index (χ2v) is 8.41. The number of piperazine rings is 1. The van der Waals surface area contributed by atoms with Crippen molar-refractivity contribution in [2.75, 3.05) is 26.2 Å². The molecule has 1 aromatic carbocycles. The van der Waals surface area contributed by atoms with Crippen molar-refractivity contribution < 1.29 is 14.0 Å². The number of hydrogen-bond donors (Lipinski definition) is 1. The van der Waals surface area contributed by atoms with Gasteiger partial charge < -0.3 is 15.2 Å². The van der Waals surface area contributed by atoms with Crippen LogP contribution in [0.25, 0.3) is 10.9 Å². The van der Waals surface area contributed by atoms with Crippen molar-refractivity contribution >= 4 is 35.1 Å². The topological polar surface area (TPSA) is 71.6 Å². The Morgan fingerprint density at radius 1 is 1.10 bits per heavy atom. The first-order chi connectivity index (χ1) is 13.9. The molecule has 4 rings (SSSR count). The highest BCUT2D eigenvalue weighted by atomic mass is 35.5. The number of aromatic nitrogens is 1. The van der Waals surface area contributed by atoms with E-state index in [0.717, 1.165) is 62.9 Å². The van der Waals surface area contributed by atoms with E-state index in [1.54, 1.807) is 19.1 Å². The van der Waals surface area contributed by atoms with Crippen LogP contribution in [-0.2, 0) is 4.79 Å². The molecule has 1 saturated carbocycles. The number of amides is 2. The summed E-state index contributed by atoms with van der Waals surface area (Å²) in [7, 11) is 0. The Kier molecular flexibility index (Phi) is 6.72. The molecule has 164 valence electrons. The van der Waals surface area contributed by atoms with E-state index in [-0.39, 0.29) is 30.2 Å². The van der Waals surface area contributed by atoms with Crippen LogP contribution in [-0.4, -0.2) is 58.4 Å². The molecule has 2 N–H and O–H groups in total. The monoisotopic (exact) mass is 436 g/mol. The lowest BCUT2D eigenvalue weighted by Crippen LogP contribution is -2.52. The maximum atomic E-state index is 14.5. The summed E-state index contributed by atoms with van der Waals surface area (Å²) in [5.41, 5.74) is 7.80. The number of fused-ring (bicyclic) bond motifs is 1. The number of halogens is 2. The predicted octanol–water partition coefficient (Wildman–Crippen LogP) is 3.26. The van der Waals surface area contributed by atoms with Gasteiger partial charge in [0.05, 0.1) is 5.52 Å². The third-order valence-corrected chi connectivity index (χ3v) is 6.66. The number of nitrogens with two attached hydrogens (primary N) is 1. The van der Waals surface area contributed by atoms with Crippen LogP contribution < -0.4 is 5.73 Å². The third-order valence-electron chi connectivity index (χ3n) is 6.66. The van der Waals surface area contributed by atoms with Gasteiger partial charge in [-0.3, -0.25) is 14.5 Å². The molecule has 1 saturated heterocycles. The first kappa shape index (κ1) is 22.6. The maximum Gasteiger partial charge on any atom is 0.265 e. The Morgan fingerprint density at radius 3 is 2.40 bits per heavy atom. The molecule has 2 atom stereocenters. The molecule has 2 aromatic rings. The molecule has 0 spiro atoms. The molecule has 0 radical (unpaired) electrons. The molecule has 0 unspecified atom stereocenters. The van der Waals surface area contributed by atoms with Gasteiger partial charge in [-0.1, -0.05) is 6.07 Å². The van der Waals surface area contributed by atoms with Crippen LogP contribution >= 0.6 is 12.4 Å². The second kappa shape index (κ2) is 8.94. The Bertz CT molecular complexity index is 952. The van der Waals surface area contributed by atoms with Gasteiger partial charge in [-0.05, 0) is 50.3 Å². The van der Waals surface area contributed by atoms with Crippen LogP contribution in [0.4, 0.5) is 4.39 Å². The first-order valence-corrected chi connectivity index (χ1v) is 10.5. The summed E-state index contributed by atoms with van der Waals surface area (Å²) in [6.07, 6.45) is 4.01. The average molecular weight is 437 g/mol. The number of nitrogens with zero attached hydrogens (tertiary/aromatic N) is 3. The summed E-state index contributed by atoms with van der Waals surface area (Å²) < 4.78 is 16.4. The van der Waals surface area contributed by atoms with E-state index in [1.165, 1.54) is 6.07 Å². The van der Waals surface area contributed by atoms with Gasteiger partial charge >= 0.3 is 0 Å². The largest absolute Gasteiger partial charge is 0.364 e. The molecule has 6 nitrogen and oxygen atoms in total. The van der Waals surface area contributed by atoms with Gasteiger partial charge in [0.2, 0.25) is 5.91 Å². The van der Waals surface area contributed by atoms with Gasteiger partial charge in [0.15, 0.2) is 0 Å². The molecule has 30 heavy (non-hydrogen) atoms. The van der Waals surface area contributed by atoms with Crippen molar-refractivity contribution in [2.24, 2.45) is 5.73 Å². The third kappa shape index (κ3) is 4.05. The second-order valence-electron chi connectivity index (χ2n) is 8.41. The summed E-state index contributed by atoms with van der Waals surface area (Å²) in [5.74, 6) is -0.703. The van der Waals surface area contributed by atoms with Gasteiger partial charge in [-0.2, -0.15) is 0 Å². The smallest absolute Gasteiger partial charge is 0.265 e. The lowest BCUT2D eigenvalue weighted by molar-refractivity contribution is -0.131. The summed E-state index contributed by atoms with van der Waals surface area (Å²) in [5, 5.41) is 0.469. The minimum absolute atomic E-state index is 0. The van der Waals surface area contributed by atoms with E-state index in [4.69, 9.17) is 5.73 Å². The molecule has 0 bridgehead atoms. The molecule has 2 fully saturated rings. The van der Waals surface area contributed by atoms with Crippen molar-refractivity contribution in [3.05, 3.63) is 35.3 Å². The zero-order valence-electron chi connectivity index (χ0n) is 17.6. The number of rotatable bonds is 3. The van der Waals surface area contributed by atoms with Gasteiger partial charge in [-0.25, -0.2) is 4.39 Å². The number of hydrogen-bond acceptors (Lipinski definition) is 3. The SMILES string of the molecule is CC(=O)N1CCN([C@H]2CCC[C@@H](n3c(C(N)=O)cc4c(F)ccc(C)c43)C2)CC1.Cl. The first-order valence-electron chi connectivity index (χ1n) is 10.5. The van der Waals surface area contributed by atoms with Crippen LogP contribution in [0, 0.1) is 12.7 Å². The standard InChI is InChI=1S/C22H29FN4O2.ClH/c1-14-6-7-19(23)18-13-20(22(24)29)27(21(14)18)17-5-3-4-16(12-17)26-10-8-25(9-11-26)15(2)28;/h6-7,13,16-17H,3-5,8-12H2,1-2H3,(H2,24,29);1H/t16-,17+;/m0./s1. The Morgan fingerprint density at radius 2 is 1.77 bits per heavy atom. The van der Waals surface area contributed by atoms with Crippen molar-refractivity contribution in [3.63, 3.8) is 0 Å². The number of benzene rings is 1. The van der Waals surface area contributed by atoms with Crippen molar-refractivity contribution in [1.82, 2.24) is 14.4 Å². The highest BCUT2D eigenvalue weighted by Gasteiger charge is 2.32. The molecule has 1 aliphatic heterocycles. The fraction of sp³-hybridized carbons (Fsp3) is 0.545. The fourth-order valence-electron chi connectivity index (χ4n) is 5.15. The normalized spacial score (nSPS) is 22.7. The van der Waals surface area contributed by atoms with E-state index in [1.807, 2.05) is 16.4 Å². The van der Waals surface area contributed by atoms with Gasteiger partial charge in [0, 0.05) is 50.6 Å². The van der Waals surface area contributed by atoms with Crippen LogP contribution in [0.15, 0.2) is 18.2 Å². The van der Waals surface area contributed by atoms with E-state index in [0.29, 0.717) is 17.1 Å². The van der Waals surface area contributed by atoms with E-state index in [9.17, 15) is 14.0 Å². The summed E-state index contributed by atoms with van der Waals surface area (Å²) in [4.78, 5) is 28.1. The van der Waals surface area contributed by atoms with Gasteiger partial charge in [-0.15, -0.1) is 12.4 Å². The quantitative estimate of drug-likeness (QED) is 0.802. The average Bonchev–Trinajstić information content (AvgIpc) is 3.13. The van der Waals surface area contributed by atoms with Crippen LogP contribution in [0.2, 0.25) is 0 Å². The van der Waals surface area contributed by atoms with Crippen LogP contribution in [0.5, 0.6) is 0 Å². The van der Waals surface area contributed by atoms with Gasteiger partial charge in [0.25, 0.3) is 5.91 Å². The summed E-state index contributed by atoms with van der Waals surface area (Å²) >= 11 is 0. The lowest BCUT2D eigenvalue weighted by Gasteiger charge is -2.42. The Labute approximate surface area is 182 Å². The number of primary amides is 1. The molecule has 2 heterocycles. The molecular formula is C22H30ClFN4O2. The van der Waals surface area contributed by atoms with Gasteiger partial charge in [0.1, 0.15) is 11.5 Å². The van der Waals surface area contributed by atoms with E-state index < -0.39 is 5.91 Å². The van der Waals surface area contributed by atoms with Crippen molar-refractivity contribution in [2.45, 2.75) is 51.6 Å². The zero-order chi connectivity index (χ0) is 20.7. The predicted molar refractivity (Wildman–Crippen MR) is 118 cm³/mol. The minimum atomic E-state index is -0.516. The summed E-state index contributed by atoms with van der Waals surface area (Å²) in [6.45, 7) is 6.85. The van der Waals surface area contributed by atoms with Crippen molar-refractivity contribution in [1.29, 1.82) is 0 Å². The highest BCUT2D eigenvalue weighted by Crippen LogP contribution is 2.37. The number of carbonyl (C=O) groups excluding carboxylic acids is 2. The minimum Gasteiger partial charge on any atom is -0.364 e. The molecule has 1 aromatic heterocycles. The Hall–Kier alpha value is -2.12. The van der Waals surface area contributed by atoms with Crippen LogP contribution in [0.1, 0.15) is 54.7 Å². The molecule has 8 heteroatoms. The fourth-order valence-corrected chi connectivity index (χ4v) is 5.15. The molecule has 2 aliphatic rings. The van der Waals surface area contributed by atoms with E-state index >= 15 is 0 Å². The van der Waals surface area contributed by atoms with Crippen molar-refractivity contribution in [3.8, 4) is 0 Å². The highest BCUT2D eigenvalue weighted by molar-refractivity contribution is 5.99. The maximum absolute atomic E-state index is 14.5. The van der Waals surface area contributed by atoms with E-state index in [2.05, 4.69) is 4.90 Å². The molecular weight excluding hydrogens is 407 g/mol. The summed E-state index contributed by atoms with van der Waals surface area (Å²) in [6, 6.07) is 5.33. The Balaban J connectivity index is 0.00000256. The molecule has 1 aliphatic carbocycles. The molecule has 2 amide bonds. The zero-order valence-corrected chi connectivity index (χ0v) is 18.4.